The Hall–Kier alpha value is -1.55. The van der Waals surface area contributed by atoms with Crippen LogP contribution >= 0.6 is 0 Å². The molecule has 122 valence electrons. The number of methoxy groups -OCH3 is 1. The first-order chi connectivity index (χ1) is 10.5. The van der Waals surface area contributed by atoms with E-state index in [1.165, 1.54) is 5.56 Å². The first-order valence-corrected chi connectivity index (χ1v) is 8.22. The van der Waals surface area contributed by atoms with E-state index in [9.17, 15) is 4.79 Å². The standard InChI is InChI=1S/C18H28N2O2/c1-5-19-8-10-20(11-9-19)18(21)13-16-12-15(14(2)3)6-7-17(16)22-4/h6-7,12,14H,5,8-11,13H2,1-4H3. The molecule has 0 unspecified atom stereocenters. The fourth-order valence-electron chi connectivity index (χ4n) is 2.88. The monoisotopic (exact) mass is 304 g/mol. The minimum Gasteiger partial charge on any atom is -0.496 e. The van der Waals surface area contributed by atoms with Crippen LogP contribution in [-0.2, 0) is 11.2 Å². The Balaban J connectivity index is 2.06. The van der Waals surface area contributed by atoms with Crippen LogP contribution in [0.1, 0.15) is 37.8 Å². The summed E-state index contributed by atoms with van der Waals surface area (Å²) >= 11 is 0. The molecule has 1 aliphatic heterocycles. The van der Waals surface area contributed by atoms with Gasteiger partial charge in [-0.2, -0.15) is 0 Å². The summed E-state index contributed by atoms with van der Waals surface area (Å²) in [6.07, 6.45) is 0.426. The molecular weight excluding hydrogens is 276 g/mol. The van der Waals surface area contributed by atoms with Crippen molar-refractivity contribution >= 4 is 5.91 Å². The fraction of sp³-hybridized carbons (Fsp3) is 0.611. The Labute approximate surface area is 134 Å². The Bertz CT molecular complexity index is 506. The maximum absolute atomic E-state index is 12.6. The number of likely N-dealkylation sites (N-methyl/N-ethyl adjacent to an activating group) is 1. The van der Waals surface area contributed by atoms with Gasteiger partial charge >= 0.3 is 0 Å². The van der Waals surface area contributed by atoms with Crippen LogP contribution in [0.2, 0.25) is 0 Å². The Kier molecular flexibility index (Phi) is 5.83. The predicted molar refractivity (Wildman–Crippen MR) is 89.5 cm³/mol. The van der Waals surface area contributed by atoms with E-state index in [1.807, 2.05) is 11.0 Å². The van der Waals surface area contributed by atoms with Crippen LogP contribution in [0.4, 0.5) is 0 Å². The van der Waals surface area contributed by atoms with Crippen molar-refractivity contribution in [1.82, 2.24) is 9.80 Å². The Morgan fingerprint density at radius 3 is 2.45 bits per heavy atom. The second kappa shape index (κ2) is 7.63. The normalized spacial score (nSPS) is 16.1. The zero-order valence-electron chi connectivity index (χ0n) is 14.3. The van der Waals surface area contributed by atoms with E-state index < -0.39 is 0 Å². The maximum atomic E-state index is 12.6. The molecule has 1 aromatic rings. The van der Waals surface area contributed by atoms with Crippen LogP contribution in [0.3, 0.4) is 0 Å². The molecule has 0 N–H and O–H groups in total. The molecular formula is C18H28N2O2. The fourth-order valence-corrected chi connectivity index (χ4v) is 2.88. The molecule has 0 radical (unpaired) electrons. The average molecular weight is 304 g/mol. The minimum atomic E-state index is 0.204. The molecule has 4 heteroatoms. The number of hydrogen-bond donors (Lipinski definition) is 0. The van der Waals surface area contributed by atoms with Crippen molar-refractivity contribution in [2.45, 2.75) is 33.1 Å². The molecule has 0 atom stereocenters. The summed E-state index contributed by atoms with van der Waals surface area (Å²) in [6, 6.07) is 6.17. The van der Waals surface area contributed by atoms with Crippen LogP contribution < -0.4 is 4.74 Å². The van der Waals surface area contributed by atoms with E-state index in [0.29, 0.717) is 12.3 Å². The summed E-state index contributed by atoms with van der Waals surface area (Å²) in [5.41, 5.74) is 2.25. The molecule has 0 bridgehead atoms. The van der Waals surface area contributed by atoms with Crippen LogP contribution in [0.5, 0.6) is 5.75 Å². The summed E-state index contributed by atoms with van der Waals surface area (Å²) in [7, 11) is 1.67. The highest BCUT2D eigenvalue weighted by Gasteiger charge is 2.21. The third-order valence-corrected chi connectivity index (χ3v) is 4.49. The molecule has 2 rings (SSSR count). The number of ether oxygens (including phenoxy) is 1. The van der Waals surface area contributed by atoms with E-state index in [1.54, 1.807) is 7.11 Å². The lowest BCUT2D eigenvalue weighted by molar-refractivity contribution is -0.132. The molecule has 0 aromatic heterocycles. The van der Waals surface area contributed by atoms with E-state index in [0.717, 1.165) is 44.0 Å². The van der Waals surface area contributed by atoms with Gasteiger partial charge < -0.3 is 14.5 Å². The van der Waals surface area contributed by atoms with Gasteiger partial charge in [-0.05, 0) is 24.1 Å². The van der Waals surface area contributed by atoms with Gasteiger partial charge in [-0.3, -0.25) is 4.79 Å². The number of benzene rings is 1. The van der Waals surface area contributed by atoms with Gasteiger partial charge in [-0.25, -0.2) is 0 Å². The first-order valence-electron chi connectivity index (χ1n) is 8.22. The van der Waals surface area contributed by atoms with E-state index in [2.05, 4.69) is 37.8 Å². The van der Waals surface area contributed by atoms with E-state index >= 15 is 0 Å². The van der Waals surface area contributed by atoms with Crippen molar-refractivity contribution in [2.24, 2.45) is 0 Å². The van der Waals surface area contributed by atoms with Gasteiger partial charge in [0.2, 0.25) is 5.91 Å². The summed E-state index contributed by atoms with van der Waals surface area (Å²) in [4.78, 5) is 16.9. The lowest BCUT2D eigenvalue weighted by Crippen LogP contribution is -2.48. The van der Waals surface area contributed by atoms with Crippen molar-refractivity contribution in [3.05, 3.63) is 29.3 Å². The molecule has 1 aliphatic rings. The van der Waals surface area contributed by atoms with Gasteiger partial charge in [0.15, 0.2) is 0 Å². The summed E-state index contributed by atoms with van der Waals surface area (Å²) in [6.45, 7) is 11.2. The quantitative estimate of drug-likeness (QED) is 0.838. The third-order valence-electron chi connectivity index (χ3n) is 4.49. The SMILES string of the molecule is CCN1CCN(C(=O)Cc2cc(C(C)C)ccc2OC)CC1. The highest BCUT2D eigenvalue weighted by molar-refractivity contribution is 5.79. The van der Waals surface area contributed by atoms with Crippen LogP contribution in [0, 0.1) is 0 Å². The van der Waals surface area contributed by atoms with Gasteiger partial charge in [0.05, 0.1) is 13.5 Å². The molecule has 1 saturated heterocycles. The lowest BCUT2D eigenvalue weighted by Gasteiger charge is -2.34. The van der Waals surface area contributed by atoms with Gasteiger partial charge in [0.1, 0.15) is 5.75 Å². The summed E-state index contributed by atoms with van der Waals surface area (Å²) in [5, 5.41) is 0. The molecule has 1 aromatic carbocycles. The van der Waals surface area contributed by atoms with Crippen LogP contribution in [-0.4, -0.2) is 55.5 Å². The Morgan fingerprint density at radius 2 is 1.91 bits per heavy atom. The van der Waals surface area contributed by atoms with Gasteiger partial charge in [-0.1, -0.05) is 32.9 Å². The van der Waals surface area contributed by atoms with Crippen molar-refractivity contribution in [3.63, 3.8) is 0 Å². The third kappa shape index (κ3) is 4.01. The largest absolute Gasteiger partial charge is 0.496 e. The van der Waals surface area contributed by atoms with Crippen molar-refractivity contribution in [1.29, 1.82) is 0 Å². The van der Waals surface area contributed by atoms with Gasteiger partial charge in [0, 0.05) is 31.7 Å². The number of carbonyl (C=O) groups excluding carboxylic acids is 1. The smallest absolute Gasteiger partial charge is 0.227 e. The van der Waals surface area contributed by atoms with Gasteiger partial charge in [-0.15, -0.1) is 0 Å². The average Bonchev–Trinajstić information content (AvgIpc) is 2.54. The molecule has 1 amide bonds. The molecule has 1 fully saturated rings. The molecule has 0 spiro atoms. The number of rotatable bonds is 5. The predicted octanol–water partition coefficient (Wildman–Crippen LogP) is 2.53. The number of amides is 1. The highest BCUT2D eigenvalue weighted by Crippen LogP contribution is 2.25. The number of piperazine rings is 1. The van der Waals surface area contributed by atoms with Crippen LogP contribution in [0.15, 0.2) is 18.2 Å². The number of carbonyl (C=O) groups is 1. The number of hydrogen-bond acceptors (Lipinski definition) is 3. The topological polar surface area (TPSA) is 32.8 Å². The van der Waals surface area contributed by atoms with Crippen molar-refractivity contribution in [2.75, 3.05) is 39.8 Å². The summed E-state index contributed by atoms with van der Waals surface area (Å²) in [5.74, 6) is 1.47. The Morgan fingerprint density at radius 1 is 1.23 bits per heavy atom. The highest BCUT2D eigenvalue weighted by atomic mass is 16.5. The summed E-state index contributed by atoms with van der Waals surface area (Å²) < 4.78 is 5.42. The van der Waals surface area contributed by atoms with Gasteiger partial charge in [0.25, 0.3) is 0 Å². The second-order valence-electron chi connectivity index (χ2n) is 6.22. The van der Waals surface area contributed by atoms with Crippen LogP contribution in [0.25, 0.3) is 0 Å². The lowest BCUT2D eigenvalue weighted by atomic mass is 9.98. The zero-order chi connectivity index (χ0) is 16.1. The minimum absolute atomic E-state index is 0.204. The second-order valence-corrected chi connectivity index (χ2v) is 6.22. The molecule has 1 heterocycles. The van der Waals surface area contributed by atoms with E-state index in [-0.39, 0.29) is 5.91 Å². The molecule has 22 heavy (non-hydrogen) atoms. The zero-order valence-corrected chi connectivity index (χ0v) is 14.3. The molecule has 0 saturated carbocycles. The number of nitrogens with zero attached hydrogens (tertiary/aromatic N) is 2. The molecule has 4 nitrogen and oxygen atoms in total. The maximum Gasteiger partial charge on any atom is 0.227 e. The van der Waals surface area contributed by atoms with Crippen molar-refractivity contribution in [3.8, 4) is 5.75 Å². The first kappa shape index (κ1) is 16.8. The molecule has 0 aliphatic carbocycles. The van der Waals surface area contributed by atoms with Crippen molar-refractivity contribution < 1.29 is 9.53 Å². The van der Waals surface area contributed by atoms with E-state index in [4.69, 9.17) is 4.74 Å².